The number of hydrogen-bond donors (Lipinski definition) is 1. The van der Waals surface area contributed by atoms with Crippen molar-refractivity contribution in [3.8, 4) is 11.1 Å². The van der Waals surface area contributed by atoms with E-state index in [1.165, 1.54) is 11.1 Å². The lowest BCUT2D eigenvalue weighted by Gasteiger charge is -2.31. The number of benzene rings is 3. The lowest BCUT2D eigenvalue weighted by Crippen LogP contribution is -2.37. The molecule has 0 aliphatic carbocycles. The molecule has 2 aliphatic rings. The Bertz CT molecular complexity index is 1400. The standard InChI is InChI=1S/C35H41N3O3/c1-24(2)21-38-23-30(19-29-12-11-28(20-33(29)35(38)40)27-9-5-25(3)6-10-27)34(39)36-31-13-7-26(8-14-31)22-37(4)32-15-17-41-18-16-32/h5-14,19-20,24,32H,15-18,21-23H2,1-4H3,(H,36,39). The first-order valence-corrected chi connectivity index (χ1v) is 14.7. The van der Waals surface area contributed by atoms with E-state index in [2.05, 4.69) is 74.4 Å². The first-order chi connectivity index (χ1) is 19.8. The summed E-state index contributed by atoms with van der Waals surface area (Å²) >= 11 is 0. The maximum atomic E-state index is 13.7. The van der Waals surface area contributed by atoms with Gasteiger partial charge in [0, 0.05) is 49.2 Å². The molecule has 0 atom stereocenters. The van der Waals surface area contributed by atoms with Crippen LogP contribution in [0.2, 0.25) is 0 Å². The third kappa shape index (κ3) is 7.13. The van der Waals surface area contributed by atoms with Gasteiger partial charge in [0.05, 0.1) is 6.54 Å². The van der Waals surface area contributed by atoms with Gasteiger partial charge in [-0.15, -0.1) is 0 Å². The van der Waals surface area contributed by atoms with Crippen molar-refractivity contribution >= 4 is 23.6 Å². The molecule has 6 nitrogen and oxygen atoms in total. The van der Waals surface area contributed by atoms with Crippen LogP contribution >= 0.6 is 0 Å². The summed E-state index contributed by atoms with van der Waals surface area (Å²) in [5.74, 6) is 0.0470. The third-order valence-electron chi connectivity index (χ3n) is 7.98. The Hall–Kier alpha value is -3.74. The molecule has 0 unspecified atom stereocenters. The molecule has 1 saturated heterocycles. The molecule has 41 heavy (non-hydrogen) atoms. The fourth-order valence-corrected chi connectivity index (χ4v) is 5.65. The summed E-state index contributed by atoms with van der Waals surface area (Å²) in [6.07, 6.45) is 4.00. The van der Waals surface area contributed by atoms with Gasteiger partial charge in [0.15, 0.2) is 0 Å². The summed E-state index contributed by atoms with van der Waals surface area (Å²) in [6, 6.07) is 22.9. The van der Waals surface area contributed by atoms with Gasteiger partial charge in [-0.1, -0.05) is 67.9 Å². The number of fused-ring (bicyclic) bond motifs is 1. The van der Waals surface area contributed by atoms with Crippen molar-refractivity contribution in [3.05, 3.63) is 94.6 Å². The molecule has 3 aromatic carbocycles. The maximum absolute atomic E-state index is 13.7. The van der Waals surface area contributed by atoms with Gasteiger partial charge in [-0.2, -0.15) is 0 Å². The molecule has 2 heterocycles. The predicted molar refractivity (Wildman–Crippen MR) is 166 cm³/mol. The Morgan fingerprint density at radius 1 is 1.00 bits per heavy atom. The van der Waals surface area contributed by atoms with E-state index in [-0.39, 0.29) is 24.3 Å². The molecule has 2 amide bonds. The van der Waals surface area contributed by atoms with E-state index in [0.717, 1.165) is 55.0 Å². The van der Waals surface area contributed by atoms with E-state index >= 15 is 0 Å². The van der Waals surface area contributed by atoms with Crippen molar-refractivity contribution in [3.63, 3.8) is 0 Å². The second-order valence-electron chi connectivity index (χ2n) is 11.8. The first-order valence-electron chi connectivity index (χ1n) is 14.7. The second-order valence-corrected chi connectivity index (χ2v) is 11.8. The Morgan fingerprint density at radius 2 is 1.68 bits per heavy atom. The highest BCUT2D eigenvalue weighted by atomic mass is 16.5. The lowest BCUT2D eigenvalue weighted by molar-refractivity contribution is -0.113. The number of carbonyl (C=O) groups excluding carboxylic acids is 2. The quantitative estimate of drug-likeness (QED) is 0.352. The number of anilines is 1. The van der Waals surface area contributed by atoms with Crippen LogP contribution in [-0.2, 0) is 16.1 Å². The van der Waals surface area contributed by atoms with Gasteiger partial charge in [0.1, 0.15) is 0 Å². The van der Waals surface area contributed by atoms with Crippen molar-refractivity contribution in [1.29, 1.82) is 0 Å². The normalized spacial score (nSPS) is 16.0. The van der Waals surface area contributed by atoms with Crippen molar-refractivity contribution < 1.29 is 14.3 Å². The van der Waals surface area contributed by atoms with Crippen LogP contribution in [0, 0.1) is 12.8 Å². The number of nitrogens with one attached hydrogen (secondary N) is 1. The SMILES string of the molecule is Cc1ccc(-c2ccc3c(c2)C(=O)N(CC(C)C)CC(C(=O)Nc2ccc(CN(C)C4CCOCC4)cc2)=C3)cc1. The van der Waals surface area contributed by atoms with Crippen molar-refractivity contribution in [2.24, 2.45) is 5.92 Å². The molecule has 2 aliphatic heterocycles. The fraction of sp³-hybridized carbons (Fsp3) is 0.371. The van der Waals surface area contributed by atoms with Crippen LogP contribution in [0.4, 0.5) is 5.69 Å². The Morgan fingerprint density at radius 3 is 2.37 bits per heavy atom. The van der Waals surface area contributed by atoms with Gasteiger partial charge in [-0.25, -0.2) is 0 Å². The number of aryl methyl sites for hydroxylation is 1. The molecule has 3 aromatic rings. The zero-order valence-electron chi connectivity index (χ0n) is 24.7. The summed E-state index contributed by atoms with van der Waals surface area (Å²) in [5.41, 5.74) is 7.17. The van der Waals surface area contributed by atoms with E-state index < -0.39 is 0 Å². The molecule has 6 heteroatoms. The van der Waals surface area contributed by atoms with Crippen LogP contribution < -0.4 is 5.32 Å². The minimum Gasteiger partial charge on any atom is -0.381 e. The molecule has 1 N–H and O–H groups in total. The highest BCUT2D eigenvalue weighted by Gasteiger charge is 2.27. The monoisotopic (exact) mass is 551 g/mol. The third-order valence-corrected chi connectivity index (χ3v) is 7.98. The van der Waals surface area contributed by atoms with Crippen LogP contribution in [0.1, 0.15) is 53.7 Å². The van der Waals surface area contributed by atoms with Gasteiger partial charge < -0.3 is 15.0 Å². The summed E-state index contributed by atoms with van der Waals surface area (Å²) in [4.78, 5) is 31.4. The zero-order valence-corrected chi connectivity index (χ0v) is 24.7. The van der Waals surface area contributed by atoms with Gasteiger partial charge in [0.25, 0.3) is 11.8 Å². The average Bonchev–Trinajstić information content (AvgIpc) is 3.10. The average molecular weight is 552 g/mol. The number of ether oxygens (including phenoxy) is 1. The molecule has 0 bridgehead atoms. The number of nitrogens with zero attached hydrogens (tertiary/aromatic N) is 2. The molecular weight excluding hydrogens is 510 g/mol. The molecule has 214 valence electrons. The Kier molecular flexibility index (Phi) is 9.01. The van der Waals surface area contributed by atoms with Gasteiger partial charge in [-0.05, 0) is 79.3 Å². The summed E-state index contributed by atoms with van der Waals surface area (Å²) in [7, 11) is 2.16. The van der Waals surface area contributed by atoms with Crippen molar-refractivity contribution in [2.75, 3.05) is 38.7 Å². The molecule has 0 saturated carbocycles. The maximum Gasteiger partial charge on any atom is 0.254 e. The molecule has 0 aromatic heterocycles. The Labute approximate surface area is 244 Å². The van der Waals surface area contributed by atoms with E-state index in [0.29, 0.717) is 23.7 Å². The smallest absolute Gasteiger partial charge is 0.254 e. The van der Waals surface area contributed by atoms with E-state index in [4.69, 9.17) is 4.74 Å². The number of amides is 2. The highest BCUT2D eigenvalue weighted by Crippen LogP contribution is 2.28. The Balaban J connectivity index is 1.34. The van der Waals surface area contributed by atoms with Crippen molar-refractivity contribution in [2.45, 2.75) is 46.2 Å². The fourth-order valence-electron chi connectivity index (χ4n) is 5.65. The molecule has 1 fully saturated rings. The number of carbonyl (C=O) groups is 2. The van der Waals surface area contributed by atoms with E-state index in [1.807, 2.05) is 36.4 Å². The first kappa shape index (κ1) is 28.8. The minimum absolute atomic E-state index is 0.0419. The lowest BCUT2D eigenvalue weighted by atomic mass is 9.97. The second kappa shape index (κ2) is 12.8. The van der Waals surface area contributed by atoms with Gasteiger partial charge >= 0.3 is 0 Å². The van der Waals surface area contributed by atoms with Crippen LogP contribution in [0.25, 0.3) is 17.2 Å². The van der Waals surface area contributed by atoms with E-state index in [1.54, 1.807) is 4.90 Å². The van der Waals surface area contributed by atoms with E-state index in [9.17, 15) is 9.59 Å². The predicted octanol–water partition coefficient (Wildman–Crippen LogP) is 6.41. The topological polar surface area (TPSA) is 61.9 Å². The van der Waals surface area contributed by atoms with Gasteiger partial charge in [-0.3, -0.25) is 14.5 Å². The number of rotatable bonds is 8. The summed E-state index contributed by atoms with van der Waals surface area (Å²) < 4.78 is 5.50. The van der Waals surface area contributed by atoms with Crippen LogP contribution in [0.3, 0.4) is 0 Å². The molecule has 0 radical (unpaired) electrons. The minimum atomic E-state index is -0.186. The molecule has 0 spiro atoms. The summed E-state index contributed by atoms with van der Waals surface area (Å²) in [5, 5.41) is 3.07. The molecular formula is C35H41N3O3. The molecule has 5 rings (SSSR count). The van der Waals surface area contributed by atoms with Crippen LogP contribution in [0.5, 0.6) is 0 Å². The zero-order chi connectivity index (χ0) is 28.9. The van der Waals surface area contributed by atoms with Crippen molar-refractivity contribution in [1.82, 2.24) is 9.80 Å². The van der Waals surface area contributed by atoms with Gasteiger partial charge in [0.2, 0.25) is 0 Å². The van der Waals surface area contributed by atoms with Crippen LogP contribution in [-0.4, -0.2) is 61.0 Å². The number of hydrogen-bond acceptors (Lipinski definition) is 4. The highest BCUT2D eigenvalue weighted by molar-refractivity contribution is 6.10. The largest absolute Gasteiger partial charge is 0.381 e. The van der Waals surface area contributed by atoms with Crippen LogP contribution in [0.15, 0.2) is 72.3 Å². The summed E-state index contributed by atoms with van der Waals surface area (Å²) in [6.45, 7) is 9.60.